The van der Waals surface area contributed by atoms with Gasteiger partial charge in [-0.3, -0.25) is 9.48 Å². The molecule has 5 heteroatoms. The first-order chi connectivity index (χ1) is 10.1. The molecule has 5 nitrogen and oxygen atoms in total. The Morgan fingerprint density at radius 1 is 1.43 bits per heavy atom. The molecular formula is C16H21N3O2. The molecule has 1 aliphatic rings. The third-order valence-electron chi connectivity index (χ3n) is 4.11. The molecular weight excluding hydrogens is 266 g/mol. The fourth-order valence-electron chi connectivity index (χ4n) is 3.06. The lowest BCUT2D eigenvalue weighted by Crippen LogP contribution is -2.46. The number of carbonyl (C=O) groups is 1. The lowest BCUT2D eigenvalue weighted by molar-refractivity contribution is 0.0550. The number of hydrogen-bond acceptors (Lipinski definition) is 3. The fraction of sp³-hybridized carbons (Fsp3) is 0.500. The van der Waals surface area contributed by atoms with Gasteiger partial charge in [0.25, 0.3) is 5.91 Å². The smallest absolute Gasteiger partial charge is 0.289 e. The molecule has 1 saturated heterocycles. The summed E-state index contributed by atoms with van der Waals surface area (Å²) in [6, 6.07) is 5.75. The number of amides is 1. The Bertz CT molecular complexity index is 616. The highest BCUT2D eigenvalue weighted by atomic mass is 16.3. The first kappa shape index (κ1) is 13.9. The van der Waals surface area contributed by atoms with Crippen LogP contribution in [0.25, 0.3) is 0 Å². The Hall–Kier alpha value is -2.04. The summed E-state index contributed by atoms with van der Waals surface area (Å²) in [7, 11) is 0. The molecule has 1 fully saturated rings. The number of furan rings is 1. The minimum Gasteiger partial charge on any atom is -0.459 e. The fourth-order valence-corrected chi connectivity index (χ4v) is 3.06. The zero-order valence-corrected chi connectivity index (χ0v) is 12.6. The molecule has 0 aromatic carbocycles. The lowest BCUT2D eigenvalue weighted by atomic mass is 10.0. The van der Waals surface area contributed by atoms with Gasteiger partial charge in [0.1, 0.15) is 0 Å². The second-order valence-electron chi connectivity index (χ2n) is 5.73. The van der Waals surface area contributed by atoms with Crippen LogP contribution in [0.4, 0.5) is 0 Å². The summed E-state index contributed by atoms with van der Waals surface area (Å²) in [4.78, 5) is 14.5. The molecule has 0 spiro atoms. The van der Waals surface area contributed by atoms with Gasteiger partial charge in [-0.15, -0.1) is 0 Å². The molecule has 1 unspecified atom stereocenters. The number of aryl methyl sites for hydroxylation is 2. The van der Waals surface area contributed by atoms with Crippen molar-refractivity contribution in [3.8, 4) is 0 Å². The molecule has 0 saturated carbocycles. The van der Waals surface area contributed by atoms with Gasteiger partial charge in [0.05, 0.1) is 24.5 Å². The third kappa shape index (κ3) is 2.86. The predicted molar refractivity (Wildman–Crippen MR) is 79.1 cm³/mol. The molecule has 1 atom stereocenters. The standard InChI is InChI=1S/C16H21N3O2/c1-12-10-13(2)19(17-12)11-14-6-3-4-8-18(14)16(20)15-7-5-9-21-15/h5,7,9-10,14H,3-4,6,8,11H2,1-2H3. The number of carbonyl (C=O) groups excluding carboxylic acids is 1. The van der Waals surface area contributed by atoms with Gasteiger partial charge in [-0.05, 0) is 51.3 Å². The number of piperidine rings is 1. The van der Waals surface area contributed by atoms with Crippen molar-refractivity contribution in [2.75, 3.05) is 6.54 Å². The molecule has 2 aromatic heterocycles. The summed E-state index contributed by atoms with van der Waals surface area (Å²) in [6.07, 6.45) is 4.78. The molecule has 3 heterocycles. The van der Waals surface area contributed by atoms with E-state index in [1.54, 1.807) is 18.4 Å². The molecule has 21 heavy (non-hydrogen) atoms. The Morgan fingerprint density at radius 2 is 2.29 bits per heavy atom. The van der Waals surface area contributed by atoms with Gasteiger partial charge in [0.2, 0.25) is 0 Å². The van der Waals surface area contributed by atoms with E-state index < -0.39 is 0 Å². The van der Waals surface area contributed by atoms with Crippen LogP contribution in [0.1, 0.15) is 41.2 Å². The van der Waals surface area contributed by atoms with Crippen LogP contribution in [-0.2, 0) is 6.54 Å². The number of nitrogens with zero attached hydrogens (tertiary/aromatic N) is 3. The van der Waals surface area contributed by atoms with Crippen molar-refractivity contribution in [2.24, 2.45) is 0 Å². The van der Waals surface area contributed by atoms with Crippen LogP contribution >= 0.6 is 0 Å². The topological polar surface area (TPSA) is 51.3 Å². The monoisotopic (exact) mass is 287 g/mol. The maximum Gasteiger partial charge on any atom is 0.289 e. The van der Waals surface area contributed by atoms with E-state index in [2.05, 4.69) is 18.1 Å². The van der Waals surface area contributed by atoms with Crippen LogP contribution in [0.5, 0.6) is 0 Å². The average molecular weight is 287 g/mol. The minimum absolute atomic E-state index is 0.00812. The van der Waals surface area contributed by atoms with Crippen molar-refractivity contribution in [1.82, 2.24) is 14.7 Å². The second-order valence-corrected chi connectivity index (χ2v) is 5.73. The van der Waals surface area contributed by atoms with Gasteiger partial charge < -0.3 is 9.32 Å². The molecule has 0 aliphatic carbocycles. The molecule has 3 rings (SSSR count). The van der Waals surface area contributed by atoms with E-state index in [9.17, 15) is 4.79 Å². The van der Waals surface area contributed by atoms with Gasteiger partial charge >= 0.3 is 0 Å². The zero-order chi connectivity index (χ0) is 14.8. The molecule has 112 valence electrons. The largest absolute Gasteiger partial charge is 0.459 e. The summed E-state index contributed by atoms with van der Waals surface area (Å²) in [5.41, 5.74) is 2.16. The Morgan fingerprint density at radius 3 is 2.95 bits per heavy atom. The Kier molecular flexibility index (Phi) is 3.82. The van der Waals surface area contributed by atoms with Crippen LogP contribution in [0.3, 0.4) is 0 Å². The Balaban J connectivity index is 1.78. The van der Waals surface area contributed by atoms with Crippen molar-refractivity contribution < 1.29 is 9.21 Å². The molecule has 0 radical (unpaired) electrons. The van der Waals surface area contributed by atoms with E-state index in [0.717, 1.165) is 43.7 Å². The van der Waals surface area contributed by atoms with Crippen molar-refractivity contribution >= 4 is 5.91 Å². The quantitative estimate of drug-likeness (QED) is 0.872. The summed E-state index contributed by atoms with van der Waals surface area (Å²) in [5, 5.41) is 4.52. The van der Waals surface area contributed by atoms with Crippen LogP contribution in [0.2, 0.25) is 0 Å². The van der Waals surface area contributed by atoms with Crippen LogP contribution < -0.4 is 0 Å². The molecule has 1 aliphatic heterocycles. The molecule has 0 bridgehead atoms. The minimum atomic E-state index is -0.00812. The first-order valence-corrected chi connectivity index (χ1v) is 7.50. The highest BCUT2D eigenvalue weighted by molar-refractivity contribution is 5.91. The number of rotatable bonds is 3. The van der Waals surface area contributed by atoms with E-state index in [-0.39, 0.29) is 11.9 Å². The maximum atomic E-state index is 12.6. The number of aromatic nitrogens is 2. The third-order valence-corrected chi connectivity index (χ3v) is 4.11. The van der Waals surface area contributed by atoms with Crippen LogP contribution in [-0.4, -0.2) is 33.2 Å². The summed E-state index contributed by atoms with van der Waals surface area (Å²) < 4.78 is 7.27. The zero-order valence-electron chi connectivity index (χ0n) is 12.6. The van der Waals surface area contributed by atoms with E-state index in [1.807, 2.05) is 16.5 Å². The average Bonchev–Trinajstić information content (AvgIpc) is 3.09. The van der Waals surface area contributed by atoms with Gasteiger partial charge in [0, 0.05) is 12.2 Å². The van der Waals surface area contributed by atoms with E-state index in [1.165, 1.54) is 0 Å². The van der Waals surface area contributed by atoms with Crippen LogP contribution in [0, 0.1) is 13.8 Å². The van der Waals surface area contributed by atoms with Gasteiger partial charge in [-0.25, -0.2) is 0 Å². The van der Waals surface area contributed by atoms with E-state index in [0.29, 0.717) is 5.76 Å². The predicted octanol–water partition coefficient (Wildman–Crippen LogP) is 2.79. The normalized spacial score (nSPS) is 19.0. The summed E-state index contributed by atoms with van der Waals surface area (Å²) >= 11 is 0. The van der Waals surface area contributed by atoms with Crippen molar-refractivity contribution in [1.29, 1.82) is 0 Å². The van der Waals surface area contributed by atoms with E-state index >= 15 is 0 Å². The van der Waals surface area contributed by atoms with E-state index in [4.69, 9.17) is 4.42 Å². The number of hydrogen-bond donors (Lipinski definition) is 0. The molecule has 2 aromatic rings. The first-order valence-electron chi connectivity index (χ1n) is 7.50. The lowest BCUT2D eigenvalue weighted by Gasteiger charge is -2.35. The van der Waals surface area contributed by atoms with Gasteiger partial charge in [0.15, 0.2) is 5.76 Å². The van der Waals surface area contributed by atoms with Crippen molar-refractivity contribution in [3.63, 3.8) is 0 Å². The van der Waals surface area contributed by atoms with Gasteiger partial charge in [-0.2, -0.15) is 5.10 Å². The Labute approximate surface area is 124 Å². The molecule has 0 N–H and O–H groups in total. The highest BCUT2D eigenvalue weighted by Gasteiger charge is 2.29. The van der Waals surface area contributed by atoms with Crippen molar-refractivity contribution in [2.45, 2.75) is 45.7 Å². The summed E-state index contributed by atoms with van der Waals surface area (Å²) in [6.45, 7) is 5.60. The summed E-state index contributed by atoms with van der Waals surface area (Å²) in [5.74, 6) is 0.418. The molecule has 1 amide bonds. The van der Waals surface area contributed by atoms with Crippen molar-refractivity contribution in [3.05, 3.63) is 41.6 Å². The number of likely N-dealkylation sites (tertiary alicyclic amines) is 1. The second kappa shape index (κ2) is 5.76. The van der Waals surface area contributed by atoms with Gasteiger partial charge in [-0.1, -0.05) is 0 Å². The van der Waals surface area contributed by atoms with Crippen LogP contribution in [0.15, 0.2) is 28.9 Å². The maximum absolute atomic E-state index is 12.6. The highest BCUT2D eigenvalue weighted by Crippen LogP contribution is 2.21. The SMILES string of the molecule is Cc1cc(C)n(CC2CCCCN2C(=O)c2ccco2)n1.